The van der Waals surface area contributed by atoms with Gasteiger partial charge in [0.25, 0.3) is 5.91 Å². The third kappa shape index (κ3) is 4.28. The van der Waals surface area contributed by atoms with Crippen LogP contribution in [0.25, 0.3) is 0 Å². The Labute approximate surface area is 151 Å². The Balaban J connectivity index is 1.72. The van der Waals surface area contributed by atoms with Crippen molar-refractivity contribution in [2.24, 2.45) is 10.2 Å². The van der Waals surface area contributed by atoms with Crippen molar-refractivity contribution in [3.8, 4) is 5.75 Å². The number of para-hydroxylation sites is 1. The van der Waals surface area contributed by atoms with Gasteiger partial charge in [0.2, 0.25) is 0 Å². The first-order valence-electron chi connectivity index (χ1n) is 8.05. The van der Waals surface area contributed by atoms with Crippen LogP contribution in [0.15, 0.2) is 58.7 Å². The molecule has 2 aromatic carbocycles. The maximum atomic E-state index is 12.5. The summed E-state index contributed by atoms with van der Waals surface area (Å²) in [5, 5.41) is 11.7. The molecular formula is C19H19N3O2S. The quantitative estimate of drug-likeness (QED) is 0.913. The lowest BCUT2D eigenvalue weighted by atomic mass is 10.1. The highest BCUT2D eigenvalue weighted by atomic mass is 32.2. The Morgan fingerprint density at radius 3 is 2.60 bits per heavy atom. The molecular weight excluding hydrogens is 334 g/mol. The average Bonchev–Trinajstić information content (AvgIpc) is 2.64. The van der Waals surface area contributed by atoms with Crippen LogP contribution in [0.1, 0.15) is 28.4 Å². The smallest absolute Gasteiger partial charge is 0.261 e. The number of aryl methyl sites for hydroxylation is 1. The Morgan fingerprint density at radius 1 is 1.16 bits per heavy atom. The van der Waals surface area contributed by atoms with Crippen molar-refractivity contribution in [3.05, 3.63) is 65.2 Å². The van der Waals surface area contributed by atoms with Crippen molar-refractivity contribution in [2.75, 3.05) is 12.4 Å². The summed E-state index contributed by atoms with van der Waals surface area (Å²) < 4.78 is 5.50. The number of hydrogen-bond donors (Lipinski definition) is 1. The van der Waals surface area contributed by atoms with Gasteiger partial charge in [0.15, 0.2) is 5.17 Å². The summed E-state index contributed by atoms with van der Waals surface area (Å²) in [6, 6.07) is 15.3. The molecule has 0 saturated carbocycles. The molecule has 0 radical (unpaired) electrons. The fourth-order valence-electron chi connectivity index (χ4n) is 2.35. The first-order chi connectivity index (χ1) is 12.2. The molecule has 5 nitrogen and oxygen atoms in total. The molecule has 0 fully saturated rings. The Bertz CT molecular complexity index is 829. The maximum Gasteiger partial charge on any atom is 0.261 e. The van der Waals surface area contributed by atoms with Crippen molar-refractivity contribution < 1.29 is 9.53 Å². The minimum absolute atomic E-state index is 0.246. The summed E-state index contributed by atoms with van der Waals surface area (Å²) >= 11 is 1.46. The highest BCUT2D eigenvalue weighted by molar-refractivity contribution is 8.14. The lowest BCUT2D eigenvalue weighted by Crippen LogP contribution is -2.30. The van der Waals surface area contributed by atoms with E-state index < -0.39 is 0 Å². The number of thioether (sulfide) groups is 1. The average molecular weight is 353 g/mol. The summed E-state index contributed by atoms with van der Waals surface area (Å²) in [5.41, 5.74) is 3.64. The van der Waals surface area contributed by atoms with Crippen LogP contribution in [0, 0.1) is 6.92 Å². The van der Waals surface area contributed by atoms with Crippen LogP contribution in [0.2, 0.25) is 0 Å². The van der Waals surface area contributed by atoms with Crippen LogP contribution in [0.3, 0.4) is 0 Å². The van der Waals surface area contributed by atoms with Gasteiger partial charge < -0.3 is 4.74 Å². The molecule has 0 atom stereocenters. The number of ether oxygens (including phenoxy) is 1. The van der Waals surface area contributed by atoms with Crippen LogP contribution in [-0.4, -0.2) is 29.1 Å². The van der Waals surface area contributed by atoms with Crippen molar-refractivity contribution in [2.45, 2.75) is 13.8 Å². The zero-order valence-corrected chi connectivity index (χ0v) is 15.0. The van der Waals surface area contributed by atoms with E-state index in [4.69, 9.17) is 4.74 Å². The van der Waals surface area contributed by atoms with E-state index in [0.717, 1.165) is 11.3 Å². The molecule has 0 bridgehead atoms. The largest absolute Gasteiger partial charge is 0.493 e. The lowest BCUT2D eigenvalue weighted by molar-refractivity contribution is 0.0974. The van der Waals surface area contributed by atoms with Crippen molar-refractivity contribution >= 4 is 28.5 Å². The predicted octanol–water partition coefficient (Wildman–Crippen LogP) is 3.63. The number of carbonyl (C=O) groups is 1. The number of carbonyl (C=O) groups excluding carboxylic acids is 1. The number of nitrogens with zero attached hydrogens (tertiary/aromatic N) is 2. The van der Waals surface area contributed by atoms with Crippen LogP contribution in [0.4, 0.5) is 0 Å². The van der Waals surface area contributed by atoms with E-state index in [9.17, 15) is 4.79 Å². The second-order valence-electron chi connectivity index (χ2n) is 5.49. The molecule has 3 rings (SSSR count). The molecule has 0 unspecified atom stereocenters. The van der Waals surface area contributed by atoms with Crippen molar-refractivity contribution in [1.82, 2.24) is 5.32 Å². The Morgan fingerprint density at radius 2 is 1.92 bits per heavy atom. The van der Waals surface area contributed by atoms with Gasteiger partial charge in [-0.05, 0) is 31.5 Å². The third-order valence-corrected chi connectivity index (χ3v) is 4.52. The van der Waals surface area contributed by atoms with Gasteiger partial charge in [-0.15, -0.1) is 5.10 Å². The van der Waals surface area contributed by atoms with Gasteiger partial charge in [0.05, 0.1) is 17.9 Å². The van der Waals surface area contributed by atoms with Crippen molar-refractivity contribution in [3.63, 3.8) is 0 Å². The fraction of sp³-hybridized carbons (Fsp3) is 0.211. The molecule has 1 heterocycles. The second-order valence-corrected chi connectivity index (χ2v) is 6.45. The normalized spacial score (nSPS) is 13.7. The number of nitrogens with one attached hydrogen (secondary N) is 1. The minimum atomic E-state index is -0.246. The van der Waals surface area contributed by atoms with Gasteiger partial charge in [0, 0.05) is 5.75 Å². The lowest BCUT2D eigenvalue weighted by Gasteiger charge is -2.14. The number of amides is 1. The topological polar surface area (TPSA) is 63.0 Å². The Kier molecular flexibility index (Phi) is 5.50. The summed E-state index contributed by atoms with van der Waals surface area (Å²) in [5.74, 6) is 0.979. The Hall–Kier alpha value is -2.60. The summed E-state index contributed by atoms with van der Waals surface area (Å²) in [4.78, 5) is 12.5. The van der Waals surface area contributed by atoms with Gasteiger partial charge in [-0.25, -0.2) is 0 Å². The molecule has 1 aliphatic heterocycles. The fourth-order valence-corrected chi connectivity index (χ4v) is 3.11. The summed E-state index contributed by atoms with van der Waals surface area (Å²) in [7, 11) is 0. The van der Waals surface area contributed by atoms with Gasteiger partial charge in [-0.3, -0.25) is 10.1 Å². The van der Waals surface area contributed by atoms with E-state index >= 15 is 0 Å². The number of amidine groups is 1. The van der Waals surface area contributed by atoms with Gasteiger partial charge in [-0.2, -0.15) is 5.10 Å². The van der Waals surface area contributed by atoms with E-state index in [2.05, 4.69) is 15.5 Å². The van der Waals surface area contributed by atoms with Crippen LogP contribution >= 0.6 is 11.8 Å². The highest BCUT2D eigenvalue weighted by Crippen LogP contribution is 2.19. The molecule has 0 aliphatic carbocycles. The zero-order chi connectivity index (χ0) is 17.6. The minimum Gasteiger partial charge on any atom is -0.493 e. The molecule has 1 aliphatic rings. The van der Waals surface area contributed by atoms with Crippen molar-refractivity contribution in [1.29, 1.82) is 0 Å². The predicted molar refractivity (Wildman–Crippen MR) is 103 cm³/mol. The molecule has 1 amide bonds. The molecule has 6 heteroatoms. The monoisotopic (exact) mass is 353 g/mol. The maximum absolute atomic E-state index is 12.5. The number of hydrogen-bond acceptors (Lipinski definition) is 5. The van der Waals surface area contributed by atoms with E-state index in [0.29, 0.717) is 28.8 Å². The third-order valence-electron chi connectivity index (χ3n) is 3.64. The van der Waals surface area contributed by atoms with E-state index in [1.54, 1.807) is 18.2 Å². The SMILES string of the molecule is CCOc1ccccc1C(=O)NC1=NN=C(c2ccc(C)cc2)CS1. The van der Waals surface area contributed by atoms with Crippen LogP contribution < -0.4 is 10.1 Å². The van der Waals surface area contributed by atoms with E-state index in [1.165, 1.54) is 17.3 Å². The first-order valence-corrected chi connectivity index (χ1v) is 9.03. The van der Waals surface area contributed by atoms with E-state index in [1.807, 2.05) is 44.2 Å². The molecule has 25 heavy (non-hydrogen) atoms. The van der Waals surface area contributed by atoms with Gasteiger partial charge in [-0.1, -0.05) is 53.7 Å². The number of rotatable bonds is 4. The molecule has 128 valence electrons. The molecule has 1 N–H and O–H groups in total. The standard InChI is InChI=1S/C19H19N3O2S/c1-3-24-17-7-5-4-6-15(17)18(23)20-19-22-21-16(12-25-19)14-10-8-13(2)9-11-14/h4-11H,3,12H2,1-2H3,(H,20,22,23). The highest BCUT2D eigenvalue weighted by Gasteiger charge is 2.17. The molecule has 0 spiro atoms. The van der Waals surface area contributed by atoms with E-state index in [-0.39, 0.29) is 5.91 Å². The first kappa shape index (κ1) is 17.2. The number of benzene rings is 2. The molecule has 2 aromatic rings. The summed E-state index contributed by atoms with van der Waals surface area (Å²) in [6.45, 7) is 4.44. The zero-order valence-electron chi connectivity index (χ0n) is 14.2. The van der Waals surface area contributed by atoms with Gasteiger partial charge in [0.1, 0.15) is 5.75 Å². The molecule has 0 aromatic heterocycles. The van der Waals surface area contributed by atoms with Crippen LogP contribution in [-0.2, 0) is 0 Å². The van der Waals surface area contributed by atoms with Crippen LogP contribution in [0.5, 0.6) is 5.75 Å². The summed E-state index contributed by atoms with van der Waals surface area (Å²) in [6.07, 6.45) is 0. The molecule has 0 saturated heterocycles. The van der Waals surface area contributed by atoms with Gasteiger partial charge >= 0.3 is 0 Å². The second kappa shape index (κ2) is 7.98.